The highest BCUT2D eigenvalue weighted by Crippen LogP contribution is 2.48. The molecule has 0 radical (unpaired) electrons. The molecule has 2 fully saturated rings. The molecule has 3 rings (SSSR count). The van der Waals surface area contributed by atoms with E-state index >= 15 is 0 Å². The summed E-state index contributed by atoms with van der Waals surface area (Å²) in [5.74, 6) is 1.10. The fourth-order valence-corrected chi connectivity index (χ4v) is 2.68. The molecule has 1 aromatic rings. The largest absolute Gasteiger partial charge is 0.508 e. The van der Waals surface area contributed by atoms with Gasteiger partial charge in [-0.1, -0.05) is 12.1 Å². The monoisotopic (exact) mass is 246 g/mol. The van der Waals surface area contributed by atoms with Crippen molar-refractivity contribution in [2.75, 3.05) is 26.2 Å². The van der Waals surface area contributed by atoms with Crippen LogP contribution in [0.4, 0.5) is 0 Å². The van der Waals surface area contributed by atoms with Gasteiger partial charge in [0.1, 0.15) is 5.75 Å². The van der Waals surface area contributed by atoms with Crippen LogP contribution in [0.3, 0.4) is 0 Å². The Morgan fingerprint density at radius 3 is 2.56 bits per heavy atom. The number of amides is 1. The van der Waals surface area contributed by atoms with Gasteiger partial charge in [-0.15, -0.1) is 0 Å². The van der Waals surface area contributed by atoms with E-state index in [4.69, 9.17) is 0 Å². The molecular weight excluding hydrogens is 228 g/mol. The van der Waals surface area contributed by atoms with Crippen LogP contribution >= 0.6 is 0 Å². The second-order valence-electron chi connectivity index (χ2n) is 5.12. The van der Waals surface area contributed by atoms with Crippen molar-refractivity contribution >= 4 is 5.91 Å². The summed E-state index contributed by atoms with van der Waals surface area (Å²) in [6.07, 6.45) is 0.952. The topological polar surface area (TPSA) is 52.6 Å². The van der Waals surface area contributed by atoms with Crippen molar-refractivity contribution in [2.45, 2.75) is 12.3 Å². The fraction of sp³-hybridized carbons (Fsp3) is 0.500. The van der Waals surface area contributed by atoms with Crippen LogP contribution in [0.1, 0.15) is 17.9 Å². The molecule has 1 saturated heterocycles. The Labute approximate surface area is 107 Å². The van der Waals surface area contributed by atoms with E-state index in [1.807, 2.05) is 17.0 Å². The lowest BCUT2D eigenvalue weighted by atomic mass is 10.1. The molecule has 4 heteroatoms. The highest BCUT2D eigenvalue weighted by molar-refractivity contribution is 5.83. The van der Waals surface area contributed by atoms with Crippen LogP contribution in [0.5, 0.6) is 5.75 Å². The van der Waals surface area contributed by atoms with Gasteiger partial charge in [-0.3, -0.25) is 4.79 Å². The molecule has 2 unspecified atom stereocenters. The van der Waals surface area contributed by atoms with E-state index in [0.29, 0.717) is 11.8 Å². The van der Waals surface area contributed by atoms with Crippen molar-refractivity contribution in [3.63, 3.8) is 0 Å². The Morgan fingerprint density at radius 2 is 1.89 bits per heavy atom. The van der Waals surface area contributed by atoms with Gasteiger partial charge in [-0.25, -0.2) is 0 Å². The minimum Gasteiger partial charge on any atom is -0.508 e. The number of phenolic OH excluding ortho intramolecular Hbond substituents is 1. The number of carbonyl (C=O) groups is 1. The van der Waals surface area contributed by atoms with Crippen molar-refractivity contribution in [3.8, 4) is 5.75 Å². The van der Waals surface area contributed by atoms with Crippen LogP contribution < -0.4 is 5.32 Å². The molecule has 1 aromatic carbocycles. The van der Waals surface area contributed by atoms with Crippen molar-refractivity contribution < 1.29 is 9.90 Å². The number of piperazine rings is 1. The Bertz CT molecular complexity index is 438. The summed E-state index contributed by atoms with van der Waals surface area (Å²) >= 11 is 0. The molecule has 2 N–H and O–H groups in total. The molecule has 1 saturated carbocycles. The molecule has 2 atom stereocenters. The fourth-order valence-electron chi connectivity index (χ4n) is 2.68. The number of carbonyl (C=O) groups excluding carboxylic acids is 1. The molecule has 96 valence electrons. The molecule has 0 bridgehead atoms. The van der Waals surface area contributed by atoms with E-state index < -0.39 is 0 Å². The highest BCUT2D eigenvalue weighted by Gasteiger charge is 2.45. The van der Waals surface area contributed by atoms with Crippen LogP contribution in [0, 0.1) is 5.92 Å². The summed E-state index contributed by atoms with van der Waals surface area (Å²) in [4.78, 5) is 14.2. The van der Waals surface area contributed by atoms with Gasteiger partial charge in [0.05, 0.1) is 0 Å². The van der Waals surface area contributed by atoms with E-state index in [1.54, 1.807) is 12.1 Å². The average molecular weight is 246 g/mol. The van der Waals surface area contributed by atoms with Gasteiger partial charge in [-0.2, -0.15) is 0 Å². The first-order valence-electron chi connectivity index (χ1n) is 6.54. The maximum atomic E-state index is 12.3. The Balaban J connectivity index is 1.63. The Kier molecular flexibility index (Phi) is 2.96. The van der Waals surface area contributed by atoms with Crippen molar-refractivity contribution in [3.05, 3.63) is 29.8 Å². The zero-order chi connectivity index (χ0) is 12.5. The lowest BCUT2D eigenvalue weighted by molar-refractivity contribution is -0.133. The molecular formula is C14H18N2O2. The summed E-state index contributed by atoms with van der Waals surface area (Å²) in [6.45, 7) is 3.47. The molecule has 0 spiro atoms. The summed E-state index contributed by atoms with van der Waals surface area (Å²) < 4.78 is 0. The molecule has 0 aromatic heterocycles. The van der Waals surface area contributed by atoms with Crippen LogP contribution in [0.15, 0.2) is 24.3 Å². The third-order valence-electron chi connectivity index (χ3n) is 3.86. The van der Waals surface area contributed by atoms with E-state index in [2.05, 4.69) is 5.32 Å². The maximum Gasteiger partial charge on any atom is 0.226 e. The third kappa shape index (κ3) is 2.20. The van der Waals surface area contributed by atoms with Gasteiger partial charge in [0.25, 0.3) is 0 Å². The smallest absolute Gasteiger partial charge is 0.226 e. The quantitative estimate of drug-likeness (QED) is 0.816. The van der Waals surface area contributed by atoms with E-state index in [1.165, 1.54) is 5.56 Å². The van der Waals surface area contributed by atoms with Gasteiger partial charge in [0.2, 0.25) is 5.91 Å². The molecule has 1 aliphatic heterocycles. The SMILES string of the molecule is O=C(C1CC1c1ccc(O)cc1)N1CCNCC1. The second kappa shape index (κ2) is 4.61. The minimum atomic E-state index is 0.160. The molecule has 1 heterocycles. The number of nitrogens with zero attached hydrogens (tertiary/aromatic N) is 1. The van der Waals surface area contributed by atoms with Crippen molar-refractivity contribution in [2.24, 2.45) is 5.92 Å². The number of phenols is 1. The summed E-state index contributed by atoms with van der Waals surface area (Å²) in [5.41, 5.74) is 1.17. The number of nitrogens with one attached hydrogen (secondary N) is 1. The van der Waals surface area contributed by atoms with E-state index in [9.17, 15) is 9.90 Å². The standard InChI is InChI=1S/C14H18N2O2/c17-11-3-1-10(2-4-11)12-9-13(12)14(18)16-7-5-15-6-8-16/h1-4,12-13,15,17H,5-9H2. The summed E-state index contributed by atoms with van der Waals surface area (Å²) in [7, 11) is 0. The average Bonchev–Trinajstić information content (AvgIpc) is 3.20. The molecule has 4 nitrogen and oxygen atoms in total. The van der Waals surface area contributed by atoms with Gasteiger partial charge < -0.3 is 15.3 Å². The summed E-state index contributed by atoms with van der Waals surface area (Å²) in [5, 5.41) is 12.5. The van der Waals surface area contributed by atoms with Crippen molar-refractivity contribution in [1.29, 1.82) is 0 Å². The normalized spacial score (nSPS) is 27.0. The predicted octanol–water partition coefficient (Wildman–Crippen LogP) is 0.927. The van der Waals surface area contributed by atoms with Crippen LogP contribution in [0.2, 0.25) is 0 Å². The lowest BCUT2D eigenvalue weighted by Crippen LogP contribution is -2.47. The van der Waals surface area contributed by atoms with E-state index in [0.717, 1.165) is 32.6 Å². The maximum absolute atomic E-state index is 12.3. The number of hydrogen-bond acceptors (Lipinski definition) is 3. The highest BCUT2D eigenvalue weighted by atomic mass is 16.3. The van der Waals surface area contributed by atoms with Gasteiger partial charge in [0.15, 0.2) is 0 Å². The van der Waals surface area contributed by atoms with Gasteiger partial charge in [0, 0.05) is 32.1 Å². The van der Waals surface area contributed by atoms with Crippen LogP contribution in [-0.4, -0.2) is 42.1 Å². The number of rotatable bonds is 2. The van der Waals surface area contributed by atoms with Crippen LogP contribution in [0.25, 0.3) is 0 Å². The molecule has 2 aliphatic rings. The number of hydrogen-bond donors (Lipinski definition) is 2. The first kappa shape index (κ1) is 11.5. The van der Waals surface area contributed by atoms with Gasteiger partial charge in [-0.05, 0) is 30.0 Å². The second-order valence-corrected chi connectivity index (χ2v) is 5.12. The van der Waals surface area contributed by atoms with Crippen LogP contribution in [-0.2, 0) is 4.79 Å². The third-order valence-corrected chi connectivity index (χ3v) is 3.86. The zero-order valence-corrected chi connectivity index (χ0v) is 10.3. The zero-order valence-electron chi connectivity index (χ0n) is 10.3. The lowest BCUT2D eigenvalue weighted by Gasteiger charge is -2.27. The first-order chi connectivity index (χ1) is 8.75. The molecule has 1 aliphatic carbocycles. The number of aromatic hydroxyl groups is 1. The molecule has 1 amide bonds. The Hall–Kier alpha value is -1.55. The number of benzene rings is 1. The first-order valence-corrected chi connectivity index (χ1v) is 6.54. The minimum absolute atomic E-state index is 0.160. The predicted molar refractivity (Wildman–Crippen MR) is 68.4 cm³/mol. The van der Waals surface area contributed by atoms with Crippen molar-refractivity contribution in [1.82, 2.24) is 10.2 Å². The van der Waals surface area contributed by atoms with Gasteiger partial charge >= 0.3 is 0 Å². The summed E-state index contributed by atoms with van der Waals surface area (Å²) in [6, 6.07) is 7.23. The van der Waals surface area contributed by atoms with E-state index in [-0.39, 0.29) is 11.7 Å². The molecule has 18 heavy (non-hydrogen) atoms. The Morgan fingerprint density at radius 1 is 1.22 bits per heavy atom.